The third-order valence-corrected chi connectivity index (χ3v) is 5.57. The van der Waals surface area contributed by atoms with Gasteiger partial charge in [-0.05, 0) is 23.8 Å². The van der Waals surface area contributed by atoms with Crippen molar-refractivity contribution >= 4 is 21.8 Å². The second-order valence-corrected chi connectivity index (χ2v) is 7.19. The second kappa shape index (κ2) is 6.45. The summed E-state index contributed by atoms with van der Waals surface area (Å²) in [5.74, 6) is -1.28. The van der Waals surface area contributed by atoms with E-state index in [0.717, 1.165) is 0 Å². The van der Waals surface area contributed by atoms with E-state index in [2.05, 4.69) is 14.8 Å². The molecule has 0 bridgehead atoms. The van der Waals surface area contributed by atoms with E-state index in [0.29, 0.717) is 12.1 Å². The predicted octanol–water partition coefficient (Wildman–Crippen LogP) is 0.319. The van der Waals surface area contributed by atoms with Gasteiger partial charge in [-0.2, -0.15) is 0 Å². The molecule has 0 radical (unpaired) electrons. The summed E-state index contributed by atoms with van der Waals surface area (Å²) in [5, 5.41) is 2.19. The molecule has 22 heavy (non-hydrogen) atoms. The first-order valence-electron chi connectivity index (χ1n) is 6.63. The van der Waals surface area contributed by atoms with Gasteiger partial charge in [0, 0.05) is 13.1 Å². The van der Waals surface area contributed by atoms with Gasteiger partial charge in [-0.15, -0.1) is 0 Å². The molecule has 2 rings (SSSR count). The standard InChI is InChI=1S/C14H17NO6S/c1-20-13(16)10-5-9(6-11(7-10)14(17)21-2)12-8-15-3-4-22(12,18)19/h5-7,12,15H,3-4,8H2,1-2H3. The van der Waals surface area contributed by atoms with Crippen LogP contribution in [0.15, 0.2) is 18.2 Å². The van der Waals surface area contributed by atoms with E-state index >= 15 is 0 Å². The lowest BCUT2D eigenvalue weighted by atomic mass is 10.0. The van der Waals surface area contributed by atoms with Crippen LogP contribution in [0.3, 0.4) is 0 Å². The number of rotatable bonds is 3. The molecule has 1 unspecified atom stereocenters. The van der Waals surface area contributed by atoms with Gasteiger partial charge in [0.05, 0.1) is 36.3 Å². The largest absolute Gasteiger partial charge is 0.465 e. The summed E-state index contributed by atoms with van der Waals surface area (Å²) in [6, 6.07) is 4.20. The first-order valence-corrected chi connectivity index (χ1v) is 8.34. The van der Waals surface area contributed by atoms with Gasteiger partial charge in [0.2, 0.25) is 0 Å². The Bertz CT molecular complexity index is 663. The highest BCUT2D eigenvalue weighted by Crippen LogP contribution is 2.27. The van der Waals surface area contributed by atoms with Crippen LogP contribution in [0.25, 0.3) is 0 Å². The van der Waals surface area contributed by atoms with Crippen LogP contribution in [-0.4, -0.2) is 53.4 Å². The van der Waals surface area contributed by atoms with Gasteiger partial charge in [0.25, 0.3) is 0 Å². The predicted molar refractivity (Wildman–Crippen MR) is 78.5 cm³/mol. The zero-order chi connectivity index (χ0) is 16.3. The minimum atomic E-state index is -3.34. The third kappa shape index (κ3) is 3.28. The van der Waals surface area contributed by atoms with E-state index in [4.69, 9.17) is 0 Å². The Morgan fingerprint density at radius 3 is 2.09 bits per heavy atom. The molecule has 0 aliphatic carbocycles. The Kier molecular flexibility index (Phi) is 4.82. The summed E-state index contributed by atoms with van der Waals surface area (Å²) in [5.41, 5.74) is 0.595. The van der Waals surface area contributed by atoms with Crippen LogP contribution in [-0.2, 0) is 19.3 Å². The van der Waals surface area contributed by atoms with E-state index in [9.17, 15) is 18.0 Å². The highest BCUT2D eigenvalue weighted by Gasteiger charge is 2.31. The number of hydrogen-bond acceptors (Lipinski definition) is 7. The topological polar surface area (TPSA) is 98.8 Å². The molecule has 1 atom stereocenters. The van der Waals surface area contributed by atoms with Crippen molar-refractivity contribution in [3.8, 4) is 0 Å². The summed E-state index contributed by atoms with van der Waals surface area (Å²) in [4.78, 5) is 23.5. The van der Waals surface area contributed by atoms with Crippen molar-refractivity contribution in [2.75, 3.05) is 33.1 Å². The smallest absolute Gasteiger partial charge is 0.337 e. The van der Waals surface area contributed by atoms with Crippen LogP contribution in [0.2, 0.25) is 0 Å². The molecule has 1 aromatic rings. The molecule has 1 aliphatic rings. The summed E-state index contributed by atoms with van der Waals surface area (Å²) in [6.45, 7) is 0.618. The van der Waals surface area contributed by atoms with E-state index in [1.165, 1.54) is 32.4 Å². The van der Waals surface area contributed by atoms with Crippen molar-refractivity contribution in [1.29, 1.82) is 0 Å². The average molecular weight is 327 g/mol. The maximum atomic E-state index is 12.2. The highest BCUT2D eigenvalue weighted by molar-refractivity contribution is 7.91. The van der Waals surface area contributed by atoms with Gasteiger partial charge in [0.15, 0.2) is 9.84 Å². The number of hydrogen-bond donors (Lipinski definition) is 1. The van der Waals surface area contributed by atoms with Gasteiger partial charge >= 0.3 is 11.9 Å². The van der Waals surface area contributed by atoms with Crippen molar-refractivity contribution in [1.82, 2.24) is 5.32 Å². The number of carbonyl (C=O) groups is 2. The Morgan fingerprint density at radius 2 is 1.64 bits per heavy atom. The molecule has 7 nitrogen and oxygen atoms in total. The third-order valence-electron chi connectivity index (χ3n) is 3.50. The molecule has 1 N–H and O–H groups in total. The van der Waals surface area contributed by atoms with E-state index in [-0.39, 0.29) is 23.4 Å². The quantitative estimate of drug-likeness (QED) is 0.798. The SMILES string of the molecule is COC(=O)c1cc(C(=O)OC)cc(C2CNCCS2(=O)=O)c1. The van der Waals surface area contributed by atoms with Gasteiger partial charge in [0.1, 0.15) is 0 Å². The molecule has 1 aliphatic heterocycles. The Morgan fingerprint density at radius 1 is 1.09 bits per heavy atom. The first kappa shape index (κ1) is 16.4. The fourth-order valence-corrected chi connectivity index (χ4v) is 3.99. The maximum Gasteiger partial charge on any atom is 0.337 e. The highest BCUT2D eigenvalue weighted by atomic mass is 32.2. The Hall–Kier alpha value is -1.93. The molecule has 0 spiro atoms. The summed E-state index contributed by atoms with van der Waals surface area (Å²) in [7, 11) is -0.914. The first-order chi connectivity index (χ1) is 10.4. The molecule has 1 aromatic carbocycles. The van der Waals surface area contributed by atoms with Crippen molar-refractivity contribution in [3.05, 3.63) is 34.9 Å². The summed E-state index contributed by atoms with van der Waals surface area (Å²) in [6.07, 6.45) is 0. The van der Waals surface area contributed by atoms with E-state index < -0.39 is 27.0 Å². The Labute approximate surface area is 128 Å². The number of benzene rings is 1. The molecule has 1 saturated heterocycles. The average Bonchev–Trinajstić information content (AvgIpc) is 2.52. The lowest BCUT2D eigenvalue weighted by Crippen LogP contribution is -2.38. The van der Waals surface area contributed by atoms with Crippen molar-refractivity contribution < 1.29 is 27.5 Å². The second-order valence-electron chi connectivity index (χ2n) is 4.89. The van der Waals surface area contributed by atoms with Crippen molar-refractivity contribution in [3.63, 3.8) is 0 Å². The zero-order valence-electron chi connectivity index (χ0n) is 12.3. The fraction of sp³-hybridized carbons (Fsp3) is 0.429. The minimum absolute atomic E-state index is 0.00762. The molecule has 1 heterocycles. The fourth-order valence-electron chi connectivity index (χ4n) is 2.35. The molecule has 8 heteroatoms. The number of esters is 2. The van der Waals surface area contributed by atoms with E-state index in [1.807, 2.05) is 0 Å². The lowest BCUT2D eigenvalue weighted by Gasteiger charge is -2.24. The minimum Gasteiger partial charge on any atom is -0.465 e. The molecular weight excluding hydrogens is 310 g/mol. The Balaban J connectivity index is 2.54. The molecule has 0 saturated carbocycles. The summed E-state index contributed by atoms with van der Waals surface area (Å²) < 4.78 is 33.7. The van der Waals surface area contributed by atoms with Crippen LogP contribution in [0.5, 0.6) is 0 Å². The zero-order valence-corrected chi connectivity index (χ0v) is 13.1. The monoisotopic (exact) mass is 327 g/mol. The normalized spacial score (nSPS) is 20.2. The van der Waals surface area contributed by atoms with Crippen LogP contribution in [0.1, 0.15) is 31.5 Å². The molecule has 0 aromatic heterocycles. The maximum absolute atomic E-state index is 12.2. The van der Waals surface area contributed by atoms with Gasteiger partial charge in [-0.1, -0.05) is 0 Å². The number of nitrogens with one attached hydrogen (secondary N) is 1. The molecular formula is C14H17NO6S. The van der Waals surface area contributed by atoms with E-state index in [1.54, 1.807) is 0 Å². The van der Waals surface area contributed by atoms with Crippen LogP contribution in [0.4, 0.5) is 0 Å². The molecule has 0 amide bonds. The van der Waals surface area contributed by atoms with Gasteiger partial charge in [-0.3, -0.25) is 0 Å². The van der Waals surface area contributed by atoms with Gasteiger partial charge < -0.3 is 14.8 Å². The van der Waals surface area contributed by atoms with Crippen LogP contribution >= 0.6 is 0 Å². The van der Waals surface area contributed by atoms with Crippen LogP contribution < -0.4 is 5.32 Å². The molecule has 1 fully saturated rings. The summed E-state index contributed by atoms with van der Waals surface area (Å²) >= 11 is 0. The molecule has 120 valence electrons. The number of sulfone groups is 1. The number of methoxy groups -OCH3 is 2. The number of carbonyl (C=O) groups excluding carboxylic acids is 2. The van der Waals surface area contributed by atoms with Crippen LogP contribution in [0, 0.1) is 0 Å². The van der Waals surface area contributed by atoms with Crippen molar-refractivity contribution in [2.24, 2.45) is 0 Å². The van der Waals surface area contributed by atoms with Crippen molar-refractivity contribution in [2.45, 2.75) is 5.25 Å². The lowest BCUT2D eigenvalue weighted by molar-refractivity contribution is 0.0599. The number of ether oxygens (including phenoxy) is 2. The van der Waals surface area contributed by atoms with Gasteiger partial charge in [-0.25, -0.2) is 18.0 Å².